The molecular weight excluding hydrogens is 459 g/mol. The standard InChI is InChI=1S/C21H20F3N5OS2/c1-12(2)7-13-8-14(21(22,23)24)10-17(9-13)27-20(31)26-16-5-3-15(4-6-16)25-19(30)18-11-32-29-28-18/h3-6,8-12H,7H2,1-2H3,(H,25,30)(H2,26,27,31). The summed E-state index contributed by atoms with van der Waals surface area (Å²) in [4.78, 5) is 12.0. The number of aromatic nitrogens is 2. The van der Waals surface area contributed by atoms with Crippen molar-refractivity contribution in [1.29, 1.82) is 0 Å². The Labute approximate surface area is 192 Å². The Bertz CT molecular complexity index is 1080. The van der Waals surface area contributed by atoms with Crippen LogP contribution in [-0.2, 0) is 12.6 Å². The topological polar surface area (TPSA) is 78.9 Å². The van der Waals surface area contributed by atoms with E-state index in [1.807, 2.05) is 13.8 Å². The number of alkyl halides is 3. The lowest BCUT2D eigenvalue weighted by atomic mass is 10.00. The van der Waals surface area contributed by atoms with Crippen molar-refractivity contribution >= 4 is 51.8 Å². The molecule has 2 aromatic carbocycles. The number of hydrogen-bond donors (Lipinski definition) is 3. The van der Waals surface area contributed by atoms with Crippen molar-refractivity contribution in [1.82, 2.24) is 9.59 Å². The first-order valence-corrected chi connectivity index (χ1v) is 10.8. The Morgan fingerprint density at radius 1 is 1.03 bits per heavy atom. The van der Waals surface area contributed by atoms with Crippen molar-refractivity contribution in [2.75, 3.05) is 16.0 Å². The van der Waals surface area contributed by atoms with Crippen molar-refractivity contribution in [2.45, 2.75) is 26.4 Å². The summed E-state index contributed by atoms with van der Waals surface area (Å²) in [6.07, 6.45) is -3.93. The van der Waals surface area contributed by atoms with Crippen molar-refractivity contribution in [3.8, 4) is 0 Å². The molecule has 0 radical (unpaired) electrons. The molecule has 1 amide bonds. The van der Waals surface area contributed by atoms with Gasteiger partial charge in [-0.1, -0.05) is 18.3 Å². The molecule has 0 fully saturated rings. The Hall–Kier alpha value is -3.05. The number of nitrogens with one attached hydrogen (secondary N) is 3. The molecule has 6 nitrogen and oxygen atoms in total. The average Bonchev–Trinajstić information content (AvgIpc) is 3.23. The fourth-order valence-corrected chi connectivity index (χ4v) is 3.58. The molecule has 3 rings (SSSR count). The number of nitrogens with zero attached hydrogens (tertiary/aromatic N) is 2. The quantitative estimate of drug-likeness (QED) is 0.387. The van der Waals surface area contributed by atoms with Crippen LogP contribution < -0.4 is 16.0 Å². The van der Waals surface area contributed by atoms with E-state index in [-0.39, 0.29) is 28.3 Å². The Balaban J connectivity index is 1.65. The van der Waals surface area contributed by atoms with Gasteiger partial charge in [-0.15, -0.1) is 5.10 Å². The van der Waals surface area contributed by atoms with Gasteiger partial charge in [0.2, 0.25) is 0 Å². The molecule has 0 atom stereocenters. The molecule has 3 N–H and O–H groups in total. The van der Waals surface area contributed by atoms with E-state index in [1.54, 1.807) is 30.3 Å². The minimum Gasteiger partial charge on any atom is -0.332 e. The summed E-state index contributed by atoms with van der Waals surface area (Å²) in [6.45, 7) is 3.89. The molecule has 0 saturated carbocycles. The molecule has 0 aliphatic rings. The molecule has 11 heteroatoms. The molecule has 3 aromatic rings. The van der Waals surface area contributed by atoms with Gasteiger partial charge < -0.3 is 16.0 Å². The van der Waals surface area contributed by atoms with Crippen molar-refractivity contribution in [2.24, 2.45) is 5.92 Å². The fourth-order valence-electron chi connectivity index (χ4n) is 2.91. The molecule has 0 aliphatic carbocycles. The van der Waals surface area contributed by atoms with Crippen LogP contribution in [0.2, 0.25) is 0 Å². The second-order valence-corrected chi connectivity index (χ2v) is 8.43. The largest absolute Gasteiger partial charge is 0.416 e. The summed E-state index contributed by atoms with van der Waals surface area (Å²) < 4.78 is 43.5. The summed E-state index contributed by atoms with van der Waals surface area (Å²) in [5.41, 5.74) is 1.48. The molecule has 0 unspecified atom stereocenters. The Morgan fingerprint density at radius 3 is 2.22 bits per heavy atom. The zero-order chi connectivity index (χ0) is 23.3. The van der Waals surface area contributed by atoms with Gasteiger partial charge in [0, 0.05) is 22.4 Å². The van der Waals surface area contributed by atoms with Crippen LogP contribution in [0.3, 0.4) is 0 Å². The van der Waals surface area contributed by atoms with Gasteiger partial charge in [0.05, 0.1) is 5.56 Å². The van der Waals surface area contributed by atoms with E-state index in [0.717, 1.165) is 23.7 Å². The van der Waals surface area contributed by atoms with Gasteiger partial charge in [0.1, 0.15) is 0 Å². The zero-order valence-corrected chi connectivity index (χ0v) is 18.8. The van der Waals surface area contributed by atoms with Crippen LogP contribution in [0.4, 0.5) is 30.2 Å². The maximum atomic E-state index is 13.3. The lowest BCUT2D eigenvalue weighted by Crippen LogP contribution is -2.20. The van der Waals surface area contributed by atoms with E-state index in [4.69, 9.17) is 12.2 Å². The highest BCUT2D eigenvalue weighted by molar-refractivity contribution is 7.80. The second-order valence-electron chi connectivity index (χ2n) is 7.42. The smallest absolute Gasteiger partial charge is 0.332 e. The van der Waals surface area contributed by atoms with Crippen molar-refractivity contribution < 1.29 is 18.0 Å². The number of thiocarbonyl (C=S) groups is 1. The first-order valence-electron chi connectivity index (χ1n) is 9.58. The third-order valence-corrected chi connectivity index (χ3v) is 4.92. The Morgan fingerprint density at radius 2 is 1.66 bits per heavy atom. The summed E-state index contributed by atoms with van der Waals surface area (Å²) >= 11 is 6.33. The van der Waals surface area contributed by atoms with Crippen LogP contribution >= 0.6 is 23.8 Å². The number of anilines is 3. The van der Waals surface area contributed by atoms with E-state index >= 15 is 0 Å². The number of rotatable bonds is 6. The average molecular weight is 480 g/mol. The van der Waals surface area contributed by atoms with E-state index in [2.05, 4.69) is 25.5 Å². The number of carbonyl (C=O) groups is 1. The van der Waals surface area contributed by atoms with E-state index in [0.29, 0.717) is 23.4 Å². The van der Waals surface area contributed by atoms with Crippen LogP contribution in [0.5, 0.6) is 0 Å². The summed E-state index contributed by atoms with van der Waals surface area (Å²) in [6, 6.07) is 10.5. The van der Waals surface area contributed by atoms with E-state index in [1.165, 1.54) is 5.38 Å². The predicted molar refractivity (Wildman–Crippen MR) is 124 cm³/mol. The number of halogens is 3. The predicted octanol–water partition coefficient (Wildman–Crippen LogP) is 5.82. The van der Waals surface area contributed by atoms with Crippen molar-refractivity contribution in [3.05, 3.63) is 64.7 Å². The first kappa shape index (κ1) is 23.6. The van der Waals surface area contributed by atoms with Gasteiger partial charge >= 0.3 is 6.18 Å². The van der Waals surface area contributed by atoms with Crippen molar-refractivity contribution in [3.63, 3.8) is 0 Å². The molecule has 0 spiro atoms. The third-order valence-electron chi connectivity index (χ3n) is 4.22. The highest BCUT2D eigenvalue weighted by atomic mass is 32.1. The van der Waals surface area contributed by atoms with E-state index in [9.17, 15) is 18.0 Å². The molecule has 1 aromatic heterocycles. The maximum absolute atomic E-state index is 13.3. The Kier molecular flexibility index (Phi) is 7.41. The lowest BCUT2D eigenvalue weighted by molar-refractivity contribution is -0.137. The fraction of sp³-hybridized carbons (Fsp3) is 0.238. The normalized spacial score (nSPS) is 11.3. The second kappa shape index (κ2) is 10.0. The highest BCUT2D eigenvalue weighted by Crippen LogP contribution is 2.32. The highest BCUT2D eigenvalue weighted by Gasteiger charge is 2.31. The number of benzene rings is 2. The van der Waals surface area contributed by atoms with Gasteiger partial charge in [0.25, 0.3) is 5.91 Å². The van der Waals surface area contributed by atoms with Gasteiger partial charge in [-0.2, -0.15) is 13.2 Å². The molecular formula is C21H20F3N5OS2. The van der Waals surface area contributed by atoms with Crippen LogP contribution in [0, 0.1) is 5.92 Å². The monoisotopic (exact) mass is 479 g/mol. The van der Waals surface area contributed by atoms with Gasteiger partial charge in [-0.05, 0) is 84.1 Å². The number of hydrogen-bond acceptors (Lipinski definition) is 5. The molecule has 168 valence electrons. The SMILES string of the molecule is CC(C)Cc1cc(NC(=S)Nc2ccc(NC(=O)c3csnn3)cc2)cc(C(F)(F)F)c1. The number of amides is 1. The first-order chi connectivity index (χ1) is 15.1. The molecule has 32 heavy (non-hydrogen) atoms. The summed E-state index contributed by atoms with van der Waals surface area (Å²) in [5, 5.41) is 13.8. The van der Waals surface area contributed by atoms with Gasteiger partial charge in [0.15, 0.2) is 10.8 Å². The zero-order valence-electron chi connectivity index (χ0n) is 17.2. The molecule has 0 saturated heterocycles. The molecule has 0 bridgehead atoms. The maximum Gasteiger partial charge on any atom is 0.416 e. The van der Waals surface area contributed by atoms with Crippen LogP contribution in [0.15, 0.2) is 47.8 Å². The van der Waals surface area contributed by atoms with Crippen LogP contribution in [0.1, 0.15) is 35.5 Å². The summed E-state index contributed by atoms with van der Waals surface area (Å²) in [5.74, 6) is -0.166. The van der Waals surface area contributed by atoms with Crippen LogP contribution in [-0.4, -0.2) is 20.6 Å². The minimum absolute atomic E-state index is 0.144. The van der Waals surface area contributed by atoms with Gasteiger partial charge in [-0.3, -0.25) is 4.79 Å². The number of carbonyl (C=O) groups excluding carboxylic acids is 1. The van der Waals surface area contributed by atoms with E-state index < -0.39 is 11.7 Å². The minimum atomic E-state index is -4.45. The molecule has 0 aliphatic heterocycles. The summed E-state index contributed by atoms with van der Waals surface area (Å²) in [7, 11) is 0. The molecule has 1 heterocycles. The van der Waals surface area contributed by atoms with Gasteiger partial charge in [-0.25, -0.2) is 0 Å². The third kappa shape index (κ3) is 6.72. The lowest BCUT2D eigenvalue weighted by Gasteiger charge is -2.16. The van der Waals surface area contributed by atoms with Crippen LogP contribution in [0.25, 0.3) is 0 Å².